The SMILES string of the molecule is CCCCC(CO)(CCCC)CO[Si](C)(C)C. The molecule has 0 unspecified atom stereocenters. The highest BCUT2D eigenvalue weighted by molar-refractivity contribution is 6.69. The van der Waals surface area contributed by atoms with E-state index in [4.69, 9.17) is 4.43 Å². The minimum absolute atomic E-state index is 0.0201. The monoisotopic (exact) mass is 260 g/mol. The van der Waals surface area contributed by atoms with Crippen LogP contribution in [0.4, 0.5) is 0 Å². The fraction of sp³-hybridized carbons (Fsp3) is 1.00. The lowest BCUT2D eigenvalue weighted by Crippen LogP contribution is -2.37. The predicted molar refractivity (Wildman–Crippen MR) is 77.9 cm³/mol. The summed E-state index contributed by atoms with van der Waals surface area (Å²) in [6, 6.07) is 0. The first kappa shape index (κ1) is 17.1. The molecule has 17 heavy (non-hydrogen) atoms. The first-order chi connectivity index (χ1) is 7.89. The summed E-state index contributed by atoms with van der Waals surface area (Å²) in [5.74, 6) is 0. The Morgan fingerprint density at radius 3 is 1.76 bits per heavy atom. The van der Waals surface area contributed by atoms with Gasteiger partial charge in [0.2, 0.25) is 0 Å². The van der Waals surface area contributed by atoms with Crippen LogP contribution in [0.3, 0.4) is 0 Å². The summed E-state index contributed by atoms with van der Waals surface area (Å²) in [5.41, 5.74) is 0.0201. The van der Waals surface area contributed by atoms with Crippen LogP contribution in [0.5, 0.6) is 0 Å². The Bertz CT molecular complexity index is 179. The molecule has 1 N–H and O–H groups in total. The molecule has 0 aliphatic rings. The van der Waals surface area contributed by atoms with Gasteiger partial charge in [0, 0.05) is 12.0 Å². The summed E-state index contributed by atoms with van der Waals surface area (Å²) in [6.45, 7) is 12.1. The van der Waals surface area contributed by atoms with Crippen LogP contribution >= 0.6 is 0 Å². The smallest absolute Gasteiger partial charge is 0.183 e. The lowest BCUT2D eigenvalue weighted by atomic mass is 9.80. The van der Waals surface area contributed by atoms with E-state index in [9.17, 15) is 5.11 Å². The predicted octanol–water partition coefficient (Wildman–Crippen LogP) is 4.20. The van der Waals surface area contributed by atoms with Crippen LogP contribution in [-0.4, -0.2) is 26.6 Å². The summed E-state index contributed by atoms with van der Waals surface area (Å²) in [4.78, 5) is 0. The molecule has 0 bridgehead atoms. The van der Waals surface area contributed by atoms with E-state index in [2.05, 4.69) is 33.5 Å². The van der Waals surface area contributed by atoms with E-state index in [0.717, 1.165) is 19.4 Å². The third kappa shape index (κ3) is 7.95. The number of aliphatic hydroxyl groups is 1. The zero-order valence-corrected chi connectivity index (χ0v) is 13.5. The van der Waals surface area contributed by atoms with Crippen molar-refractivity contribution in [3.8, 4) is 0 Å². The molecule has 0 saturated carbocycles. The van der Waals surface area contributed by atoms with Gasteiger partial charge < -0.3 is 9.53 Å². The van der Waals surface area contributed by atoms with E-state index < -0.39 is 8.32 Å². The van der Waals surface area contributed by atoms with Crippen LogP contribution in [0, 0.1) is 5.41 Å². The molecule has 0 aromatic rings. The number of unbranched alkanes of at least 4 members (excludes halogenated alkanes) is 2. The van der Waals surface area contributed by atoms with E-state index in [0.29, 0.717) is 0 Å². The van der Waals surface area contributed by atoms with Crippen LogP contribution < -0.4 is 0 Å². The molecule has 0 aromatic heterocycles. The van der Waals surface area contributed by atoms with Gasteiger partial charge >= 0.3 is 0 Å². The standard InChI is InChI=1S/C14H32O2Si/c1-6-8-10-14(12-15,11-9-7-2)13-16-17(3,4)5/h15H,6-13H2,1-5H3. The Kier molecular flexibility index (Phi) is 8.34. The molecule has 2 nitrogen and oxygen atoms in total. The molecule has 0 spiro atoms. The molecule has 0 saturated heterocycles. The molecule has 0 amide bonds. The van der Waals surface area contributed by atoms with E-state index >= 15 is 0 Å². The van der Waals surface area contributed by atoms with E-state index in [1.165, 1.54) is 25.7 Å². The second-order valence-corrected chi connectivity index (χ2v) is 10.8. The van der Waals surface area contributed by atoms with Gasteiger partial charge in [0.1, 0.15) is 0 Å². The number of rotatable bonds is 10. The van der Waals surface area contributed by atoms with Crippen LogP contribution in [0.2, 0.25) is 19.6 Å². The van der Waals surface area contributed by atoms with Crippen molar-refractivity contribution in [1.82, 2.24) is 0 Å². The Labute approximate surface area is 109 Å². The van der Waals surface area contributed by atoms with Gasteiger partial charge in [0.05, 0.1) is 6.61 Å². The maximum Gasteiger partial charge on any atom is 0.183 e. The van der Waals surface area contributed by atoms with E-state index in [1.807, 2.05) is 0 Å². The fourth-order valence-electron chi connectivity index (χ4n) is 1.95. The molecule has 0 aromatic carbocycles. The highest BCUT2D eigenvalue weighted by Gasteiger charge is 2.30. The molecule has 0 heterocycles. The highest BCUT2D eigenvalue weighted by Crippen LogP contribution is 2.32. The van der Waals surface area contributed by atoms with Gasteiger partial charge in [-0.2, -0.15) is 0 Å². The molecular formula is C14H32O2Si. The summed E-state index contributed by atoms with van der Waals surface area (Å²) in [5, 5.41) is 9.76. The third-order valence-electron chi connectivity index (χ3n) is 3.27. The van der Waals surface area contributed by atoms with Crippen molar-refractivity contribution in [2.45, 2.75) is 72.0 Å². The molecule has 0 aliphatic carbocycles. The van der Waals surface area contributed by atoms with Crippen LogP contribution in [0.1, 0.15) is 52.4 Å². The van der Waals surface area contributed by atoms with Gasteiger partial charge in [-0.05, 0) is 32.5 Å². The van der Waals surface area contributed by atoms with Crippen LogP contribution in [0.15, 0.2) is 0 Å². The molecule has 3 heteroatoms. The normalized spacial score (nSPS) is 13.1. The Balaban J connectivity index is 4.43. The maximum absolute atomic E-state index is 9.76. The number of aliphatic hydroxyl groups excluding tert-OH is 1. The lowest BCUT2D eigenvalue weighted by molar-refractivity contribution is 0.0436. The van der Waals surface area contributed by atoms with Crippen molar-refractivity contribution in [3.05, 3.63) is 0 Å². The van der Waals surface area contributed by atoms with Crippen LogP contribution in [0.25, 0.3) is 0 Å². The Hall–Kier alpha value is 0.137. The van der Waals surface area contributed by atoms with Crippen molar-refractivity contribution < 1.29 is 9.53 Å². The second-order valence-electron chi connectivity index (χ2n) is 6.27. The maximum atomic E-state index is 9.76. The zero-order valence-electron chi connectivity index (χ0n) is 12.5. The van der Waals surface area contributed by atoms with Crippen molar-refractivity contribution in [2.24, 2.45) is 5.41 Å². The second kappa shape index (κ2) is 8.28. The largest absolute Gasteiger partial charge is 0.417 e. The summed E-state index contributed by atoms with van der Waals surface area (Å²) < 4.78 is 6.06. The average Bonchev–Trinajstić information content (AvgIpc) is 2.28. The Morgan fingerprint density at radius 1 is 1.00 bits per heavy atom. The Morgan fingerprint density at radius 2 is 1.47 bits per heavy atom. The third-order valence-corrected chi connectivity index (χ3v) is 4.28. The summed E-state index contributed by atoms with van der Waals surface area (Å²) in [6.07, 6.45) is 6.98. The molecule has 0 aliphatic heterocycles. The van der Waals surface area contributed by atoms with E-state index in [1.54, 1.807) is 0 Å². The van der Waals surface area contributed by atoms with Gasteiger partial charge in [0.25, 0.3) is 0 Å². The summed E-state index contributed by atoms with van der Waals surface area (Å²) in [7, 11) is -1.47. The highest BCUT2D eigenvalue weighted by atomic mass is 28.4. The molecule has 0 atom stereocenters. The quantitative estimate of drug-likeness (QED) is 0.597. The lowest BCUT2D eigenvalue weighted by Gasteiger charge is -2.34. The van der Waals surface area contributed by atoms with Crippen molar-refractivity contribution in [2.75, 3.05) is 13.2 Å². The molecule has 0 rings (SSSR count). The minimum Gasteiger partial charge on any atom is -0.417 e. The summed E-state index contributed by atoms with van der Waals surface area (Å²) >= 11 is 0. The van der Waals surface area contributed by atoms with Crippen molar-refractivity contribution >= 4 is 8.32 Å². The van der Waals surface area contributed by atoms with Gasteiger partial charge in [0.15, 0.2) is 8.32 Å². The number of hydrogen-bond acceptors (Lipinski definition) is 2. The minimum atomic E-state index is -1.47. The first-order valence-electron chi connectivity index (χ1n) is 7.14. The van der Waals surface area contributed by atoms with Gasteiger partial charge in [-0.1, -0.05) is 39.5 Å². The first-order valence-corrected chi connectivity index (χ1v) is 10.5. The zero-order chi connectivity index (χ0) is 13.4. The fourth-order valence-corrected chi connectivity index (χ4v) is 2.69. The van der Waals surface area contributed by atoms with Crippen LogP contribution in [-0.2, 0) is 4.43 Å². The molecule has 0 radical (unpaired) electrons. The van der Waals surface area contributed by atoms with Gasteiger partial charge in [-0.3, -0.25) is 0 Å². The number of hydrogen-bond donors (Lipinski definition) is 1. The average molecular weight is 260 g/mol. The molecule has 0 fully saturated rings. The van der Waals surface area contributed by atoms with Crippen molar-refractivity contribution in [3.63, 3.8) is 0 Å². The van der Waals surface area contributed by atoms with E-state index in [-0.39, 0.29) is 12.0 Å². The topological polar surface area (TPSA) is 29.5 Å². The van der Waals surface area contributed by atoms with Crippen molar-refractivity contribution in [1.29, 1.82) is 0 Å². The molecular weight excluding hydrogens is 228 g/mol. The van der Waals surface area contributed by atoms with Gasteiger partial charge in [-0.25, -0.2) is 0 Å². The van der Waals surface area contributed by atoms with Gasteiger partial charge in [-0.15, -0.1) is 0 Å². The molecule has 104 valence electrons.